The van der Waals surface area contributed by atoms with Gasteiger partial charge < -0.3 is 10.3 Å². The molecule has 5 nitrogen and oxygen atoms in total. The lowest BCUT2D eigenvalue weighted by Crippen LogP contribution is -2.28. The lowest BCUT2D eigenvalue weighted by atomic mass is 10.1. The third-order valence-corrected chi connectivity index (χ3v) is 3.66. The molecule has 0 bridgehead atoms. The summed E-state index contributed by atoms with van der Waals surface area (Å²) in [6.07, 6.45) is 4.89. The summed E-state index contributed by atoms with van der Waals surface area (Å²) in [5.74, 6) is 7.03. The second-order valence-electron chi connectivity index (χ2n) is 4.70. The Bertz CT molecular complexity index is 439. The summed E-state index contributed by atoms with van der Waals surface area (Å²) in [7, 11) is 1.83. The minimum atomic E-state index is 0.0161. The summed E-state index contributed by atoms with van der Waals surface area (Å²) in [4.78, 5) is 18.5. The van der Waals surface area contributed by atoms with Crippen LogP contribution in [-0.2, 0) is 6.42 Å². The number of hydrogen-bond donors (Lipinski definition) is 2. The number of nitrogens with zero attached hydrogens (tertiary/aromatic N) is 2. The molecule has 20 heavy (non-hydrogen) atoms. The Labute approximate surface area is 125 Å². The fourth-order valence-electron chi connectivity index (χ4n) is 1.94. The lowest BCUT2D eigenvalue weighted by molar-refractivity contribution is 0.0795. The van der Waals surface area contributed by atoms with Crippen LogP contribution < -0.4 is 11.3 Å². The van der Waals surface area contributed by atoms with Crippen LogP contribution in [0.2, 0.25) is 0 Å². The average molecular weight is 296 g/mol. The fourth-order valence-corrected chi connectivity index (χ4v) is 2.36. The number of thioether (sulfide) groups is 1. The van der Waals surface area contributed by atoms with Crippen LogP contribution >= 0.6 is 11.8 Å². The van der Waals surface area contributed by atoms with E-state index in [0.717, 1.165) is 37.3 Å². The lowest BCUT2D eigenvalue weighted by Gasteiger charge is -2.17. The first-order valence-electron chi connectivity index (χ1n) is 6.84. The molecule has 0 radical (unpaired) electrons. The number of carbonyl (C=O) groups is 1. The highest BCUT2D eigenvalue weighted by atomic mass is 32.2. The first kappa shape index (κ1) is 16.8. The molecule has 0 atom stereocenters. The van der Waals surface area contributed by atoms with Crippen molar-refractivity contribution in [2.75, 3.05) is 31.0 Å². The molecule has 3 N–H and O–H groups in total. The molecule has 1 aromatic rings. The zero-order valence-corrected chi connectivity index (χ0v) is 13.3. The molecular formula is C14H24N4OS. The number of aryl methyl sites for hydroxylation is 1. The van der Waals surface area contributed by atoms with E-state index >= 15 is 0 Å². The Hall–Kier alpha value is -1.27. The minimum Gasteiger partial charge on any atom is -0.342 e. The number of hydrogen-bond acceptors (Lipinski definition) is 5. The van der Waals surface area contributed by atoms with E-state index in [-0.39, 0.29) is 5.91 Å². The molecular weight excluding hydrogens is 272 g/mol. The van der Waals surface area contributed by atoms with E-state index in [9.17, 15) is 4.79 Å². The van der Waals surface area contributed by atoms with Gasteiger partial charge >= 0.3 is 0 Å². The SMILES string of the molecule is CCCc1cc(C(=O)N(C)CCCSC)cc(NN)n1. The van der Waals surface area contributed by atoms with E-state index < -0.39 is 0 Å². The molecule has 0 aromatic carbocycles. The van der Waals surface area contributed by atoms with E-state index in [1.807, 2.05) is 13.1 Å². The summed E-state index contributed by atoms with van der Waals surface area (Å²) in [6.45, 7) is 2.84. The Balaban J connectivity index is 2.82. The van der Waals surface area contributed by atoms with Gasteiger partial charge in [0.25, 0.3) is 5.91 Å². The maximum atomic E-state index is 12.4. The van der Waals surface area contributed by atoms with Crippen LogP contribution in [0.3, 0.4) is 0 Å². The Morgan fingerprint density at radius 1 is 1.50 bits per heavy atom. The van der Waals surface area contributed by atoms with Crippen molar-refractivity contribution in [2.24, 2.45) is 5.84 Å². The number of aromatic nitrogens is 1. The van der Waals surface area contributed by atoms with E-state index in [4.69, 9.17) is 5.84 Å². The average Bonchev–Trinajstić information content (AvgIpc) is 2.46. The van der Waals surface area contributed by atoms with Crippen LogP contribution in [0, 0.1) is 0 Å². The maximum absolute atomic E-state index is 12.4. The number of nitrogen functional groups attached to an aromatic ring is 1. The van der Waals surface area contributed by atoms with Crippen molar-refractivity contribution in [3.8, 4) is 0 Å². The van der Waals surface area contributed by atoms with E-state index in [2.05, 4.69) is 23.6 Å². The molecule has 0 saturated carbocycles. The van der Waals surface area contributed by atoms with Gasteiger partial charge in [0.15, 0.2) is 0 Å². The molecule has 1 amide bonds. The van der Waals surface area contributed by atoms with Gasteiger partial charge in [-0.3, -0.25) is 4.79 Å². The number of nitrogens with two attached hydrogens (primary N) is 1. The first-order chi connectivity index (χ1) is 9.62. The second-order valence-corrected chi connectivity index (χ2v) is 5.69. The number of anilines is 1. The maximum Gasteiger partial charge on any atom is 0.253 e. The van der Waals surface area contributed by atoms with Crippen LogP contribution in [-0.4, -0.2) is 41.4 Å². The zero-order valence-electron chi connectivity index (χ0n) is 12.5. The Morgan fingerprint density at radius 3 is 2.85 bits per heavy atom. The van der Waals surface area contributed by atoms with Gasteiger partial charge in [0, 0.05) is 24.8 Å². The summed E-state index contributed by atoms with van der Waals surface area (Å²) in [5.41, 5.74) is 4.06. The molecule has 0 fully saturated rings. The van der Waals surface area contributed by atoms with Crippen LogP contribution in [0.25, 0.3) is 0 Å². The Kier molecular flexibility index (Phi) is 7.40. The standard InChI is InChI=1S/C14H24N4OS/c1-4-6-12-9-11(10-13(16-12)17-15)14(19)18(2)7-5-8-20-3/h9-10H,4-8,15H2,1-3H3,(H,16,17). The summed E-state index contributed by atoms with van der Waals surface area (Å²) in [5, 5.41) is 0. The number of pyridine rings is 1. The third kappa shape index (κ3) is 5.02. The second kappa shape index (κ2) is 8.81. The topological polar surface area (TPSA) is 71.2 Å². The van der Waals surface area contributed by atoms with Crippen molar-refractivity contribution in [1.82, 2.24) is 9.88 Å². The van der Waals surface area contributed by atoms with Crippen molar-refractivity contribution < 1.29 is 4.79 Å². The van der Waals surface area contributed by atoms with Gasteiger partial charge in [-0.1, -0.05) is 13.3 Å². The highest BCUT2D eigenvalue weighted by molar-refractivity contribution is 7.98. The smallest absolute Gasteiger partial charge is 0.253 e. The van der Waals surface area contributed by atoms with Crippen molar-refractivity contribution in [1.29, 1.82) is 0 Å². The normalized spacial score (nSPS) is 10.4. The van der Waals surface area contributed by atoms with Gasteiger partial charge in [-0.25, -0.2) is 10.8 Å². The number of amides is 1. The van der Waals surface area contributed by atoms with Crippen molar-refractivity contribution >= 4 is 23.5 Å². The van der Waals surface area contributed by atoms with Crippen molar-refractivity contribution in [2.45, 2.75) is 26.2 Å². The molecule has 0 spiro atoms. The fraction of sp³-hybridized carbons (Fsp3) is 0.571. The highest BCUT2D eigenvalue weighted by Crippen LogP contribution is 2.13. The summed E-state index contributed by atoms with van der Waals surface area (Å²) in [6, 6.07) is 3.56. The number of nitrogens with one attached hydrogen (secondary N) is 1. The molecule has 6 heteroatoms. The predicted molar refractivity (Wildman–Crippen MR) is 86.0 cm³/mol. The number of carbonyl (C=O) groups excluding carboxylic acids is 1. The van der Waals surface area contributed by atoms with Crippen LogP contribution in [0.1, 0.15) is 35.8 Å². The largest absolute Gasteiger partial charge is 0.342 e. The van der Waals surface area contributed by atoms with Gasteiger partial charge in [0.05, 0.1) is 0 Å². The van der Waals surface area contributed by atoms with Crippen LogP contribution in [0.5, 0.6) is 0 Å². The van der Waals surface area contributed by atoms with Gasteiger partial charge in [0.1, 0.15) is 5.82 Å². The third-order valence-electron chi connectivity index (χ3n) is 2.97. The molecule has 0 saturated heterocycles. The Morgan fingerprint density at radius 2 is 2.25 bits per heavy atom. The molecule has 0 aliphatic carbocycles. The minimum absolute atomic E-state index is 0.0161. The number of rotatable bonds is 8. The zero-order chi connectivity index (χ0) is 15.0. The van der Waals surface area contributed by atoms with Gasteiger partial charge in [-0.2, -0.15) is 11.8 Å². The molecule has 112 valence electrons. The predicted octanol–water partition coefficient (Wildman–Crippen LogP) is 2.14. The molecule has 1 rings (SSSR count). The molecule has 0 unspecified atom stereocenters. The van der Waals surface area contributed by atoms with Gasteiger partial charge in [-0.15, -0.1) is 0 Å². The van der Waals surface area contributed by atoms with Crippen LogP contribution in [0.15, 0.2) is 12.1 Å². The van der Waals surface area contributed by atoms with E-state index in [1.54, 1.807) is 22.7 Å². The highest BCUT2D eigenvalue weighted by Gasteiger charge is 2.13. The quantitative estimate of drug-likeness (QED) is 0.437. The molecule has 1 aromatic heterocycles. The molecule has 0 aliphatic heterocycles. The monoisotopic (exact) mass is 296 g/mol. The van der Waals surface area contributed by atoms with Gasteiger partial charge in [0.2, 0.25) is 0 Å². The summed E-state index contributed by atoms with van der Waals surface area (Å²) < 4.78 is 0. The van der Waals surface area contributed by atoms with Crippen molar-refractivity contribution in [3.63, 3.8) is 0 Å². The number of hydrazine groups is 1. The summed E-state index contributed by atoms with van der Waals surface area (Å²) >= 11 is 1.79. The molecule has 0 aliphatic rings. The van der Waals surface area contributed by atoms with Crippen LogP contribution in [0.4, 0.5) is 5.82 Å². The van der Waals surface area contributed by atoms with E-state index in [0.29, 0.717) is 11.4 Å². The van der Waals surface area contributed by atoms with E-state index in [1.165, 1.54) is 0 Å². The molecule has 1 heterocycles. The van der Waals surface area contributed by atoms with Gasteiger partial charge in [-0.05, 0) is 37.0 Å². The van der Waals surface area contributed by atoms with Crippen molar-refractivity contribution in [3.05, 3.63) is 23.4 Å². The first-order valence-corrected chi connectivity index (χ1v) is 8.23.